The number of ether oxygens (including phenoxy) is 1. The van der Waals surface area contributed by atoms with Gasteiger partial charge in [0.05, 0.1) is 0 Å². The van der Waals surface area contributed by atoms with Gasteiger partial charge in [-0.3, -0.25) is 4.79 Å². The number of hydrogen-bond acceptors (Lipinski definition) is 3. The number of primary amides is 1. The van der Waals surface area contributed by atoms with Gasteiger partial charge in [0.2, 0.25) is 5.91 Å². The fraction of sp³-hybridized carbons (Fsp3) is 0.316. The fourth-order valence-electron chi connectivity index (χ4n) is 2.85. The standard InChI is InChI=1S/C19H22FNO3/c1-24-13-5-4-12-19(23,14-8-10-15(20)11-9-14)17-7-3-2-6-16(17)18(21)22/h2-3,6-11,23H,4-5,12-13H2,1H3,(H2,21,22). The van der Waals surface area contributed by atoms with Crippen molar-refractivity contribution < 1.29 is 19.0 Å². The number of halogens is 1. The number of rotatable bonds is 8. The highest BCUT2D eigenvalue weighted by molar-refractivity contribution is 5.94. The Kier molecular flexibility index (Phi) is 6.06. The second-order valence-corrected chi connectivity index (χ2v) is 5.73. The largest absolute Gasteiger partial charge is 0.385 e. The molecular formula is C19H22FNO3. The third kappa shape index (κ3) is 3.99. The molecule has 0 bridgehead atoms. The van der Waals surface area contributed by atoms with Crippen LogP contribution in [-0.4, -0.2) is 24.7 Å². The van der Waals surface area contributed by atoms with Crippen LogP contribution in [0.3, 0.4) is 0 Å². The minimum absolute atomic E-state index is 0.260. The molecule has 0 aliphatic carbocycles. The van der Waals surface area contributed by atoms with Crippen molar-refractivity contribution in [1.82, 2.24) is 0 Å². The molecule has 1 atom stereocenters. The lowest BCUT2D eigenvalue weighted by molar-refractivity contribution is 0.0632. The molecule has 0 spiro atoms. The van der Waals surface area contributed by atoms with Crippen molar-refractivity contribution in [3.05, 3.63) is 71.0 Å². The van der Waals surface area contributed by atoms with E-state index >= 15 is 0 Å². The SMILES string of the molecule is COCCCCC(O)(c1ccc(F)cc1)c1ccccc1C(N)=O. The zero-order valence-corrected chi connectivity index (χ0v) is 13.7. The second kappa shape index (κ2) is 8.04. The molecule has 1 unspecified atom stereocenters. The Morgan fingerprint density at radius 2 is 1.83 bits per heavy atom. The molecule has 2 aromatic carbocycles. The van der Waals surface area contributed by atoms with E-state index in [0.29, 0.717) is 30.6 Å². The number of nitrogens with two attached hydrogens (primary N) is 1. The van der Waals surface area contributed by atoms with Crippen LogP contribution in [0.5, 0.6) is 0 Å². The molecule has 0 saturated heterocycles. The predicted molar refractivity (Wildman–Crippen MR) is 90.1 cm³/mol. The number of carbonyl (C=O) groups is 1. The Hall–Kier alpha value is -2.24. The average Bonchev–Trinajstić information content (AvgIpc) is 2.59. The first kappa shape index (κ1) is 18.1. The van der Waals surface area contributed by atoms with Crippen LogP contribution < -0.4 is 5.73 Å². The summed E-state index contributed by atoms with van der Waals surface area (Å²) in [5.74, 6) is -0.994. The summed E-state index contributed by atoms with van der Waals surface area (Å²) in [5, 5.41) is 11.4. The van der Waals surface area contributed by atoms with Crippen molar-refractivity contribution in [1.29, 1.82) is 0 Å². The van der Waals surface area contributed by atoms with E-state index in [9.17, 15) is 14.3 Å². The molecule has 128 valence electrons. The summed E-state index contributed by atoms with van der Waals surface area (Å²) < 4.78 is 18.3. The van der Waals surface area contributed by atoms with Gasteiger partial charge in [-0.25, -0.2) is 4.39 Å². The van der Waals surface area contributed by atoms with E-state index < -0.39 is 11.5 Å². The molecule has 0 heterocycles. The normalized spacial score (nSPS) is 13.5. The highest BCUT2D eigenvalue weighted by Gasteiger charge is 2.34. The molecule has 0 aliphatic heterocycles. The number of carbonyl (C=O) groups excluding carboxylic acids is 1. The molecule has 0 fully saturated rings. The van der Waals surface area contributed by atoms with Crippen LogP contribution in [0.15, 0.2) is 48.5 Å². The number of methoxy groups -OCH3 is 1. The maximum Gasteiger partial charge on any atom is 0.249 e. The molecule has 0 aliphatic rings. The lowest BCUT2D eigenvalue weighted by Crippen LogP contribution is -2.31. The Bertz CT molecular complexity index is 687. The third-order valence-electron chi connectivity index (χ3n) is 4.10. The molecule has 0 aromatic heterocycles. The quantitative estimate of drug-likeness (QED) is 0.731. The van der Waals surface area contributed by atoms with Crippen LogP contribution in [-0.2, 0) is 10.3 Å². The maximum absolute atomic E-state index is 13.3. The van der Waals surface area contributed by atoms with Gasteiger partial charge in [-0.1, -0.05) is 30.3 Å². The predicted octanol–water partition coefficient (Wildman–Crippen LogP) is 2.98. The molecular weight excluding hydrogens is 309 g/mol. The van der Waals surface area contributed by atoms with Gasteiger partial charge in [0.15, 0.2) is 0 Å². The van der Waals surface area contributed by atoms with Gasteiger partial charge in [-0.15, -0.1) is 0 Å². The zero-order valence-electron chi connectivity index (χ0n) is 13.7. The molecule has 3 N–H and O–H groups in total. The summed E-state index contributed by atoms with van der Waals surface area (Å²) in [4.78, 5) is 11.8. The van der Waals surface area contributed by atoms with Crippen molar-refractivity contribution in [2.75, 3.05) is 13.7 Å². The van der Waals surface area contributed by atoms with Gasteiger partial charge in [0.25, 0.3) is 0 Å². The molecule has 4 nitrogen and oxygen atoms in total. The van der Waals surface area contributed by atoms with E-state index in [1.165, 1.54) is 24.3 Å². The molecule has 24 heavy (non-hydrogen) atoms. The summed E-state index contributed by atoms with van der Waals surface area (Å²) in [6, 6.07) is 12.4. The number of amides is 1. The van der Waals surface area contributed by atoms with Gasteiger partial charge in [0.1, 0.15) is 11.4 Å². The van der Waals surface area contributed by atoms with Crippen molar-refractivity contribution in [3.63, 3.8) is 0 Å². The fourth-order valence-corrected chi connectivity index (χ4v) is 2.85. The van der Waals surface area contributed by atoms with Gasteiger partial charge < -0.3 is 15.6 Å². The highest BCUT2D eigenvalue weighted by Crippen LogP contribution is 2.36. The van der Waals surface area contributed by atoms with E-state index in [1.54, 1.807) is 31.4 Å². The lowest BCUT2D eigenvalue weighted by atomic mass is 9.80. The minimum Gasteiger partial charge on any atom is -0.385 e. The lowest BCUT2D eigenvalue weighted by Gasteiger charge is -2.31. The van der Waals surface area contributed by atoms with Crippen LogP contribution in [0.4, 0.5) is 4.39 Å². The van der Waals surface area contributed by atoms with Gasteiger partial charge in [-0.05, 0) is 43.0 Å². The van der Waals surface area contributed by atoms with Crippen molar-refractivity contribution >= 4 is 5.91 Å². The molecule has 0 saturated carbocycles. The summed E-state index contributed by atoms with van der Waals surface area (Å²) in [6.07, 6.45) is 1.81. The number of benzene rings is 2. The van der Waals surface area contributed by atoms with E-state index in [0.717, 1.165) is 6.42 Å². The molecule has 1 amide bonds. The van der Waals surface area contributed by atoms with Crippen LogP contribution >= 0.6 is 0 Å². The summed E-state index contributed by atoms with van der Waals surface area (Å²) >= 11 is 0. The van der Waals surface area contributed by atoms with Crippen molar-refractivity contribution in [2.45, 2.75) is 24.9 Å². The second-order valence-electron chi connectivity index (χ2n) is 5.73. The third-order valence-corrected chi connectivity index (χ3v) is 4.10. The molecule has 5 heteroatoms. The zero-order chi connectivity index (χ0) is 17.6. The summed E-state index contributed by atoms with van der Waals surface area (Å²) in [6.45, 7) is 0.580. The van der Waals surface area contributed by atoms with Crippen LogP contribution in [0.2, 0.25) is 0 Å². The Labute approximate surface area is 141 Å². The van der Waals surface area contributed by atoms with E-state index in [4.69, 9.17) is 10.5 Å². The Morgan fingerprint density at radius 1 is 1.17 bits per heavy atom. The maximum atomic E-state index is 13.3. The minimum atomic E-state index is -1.42. The van der Waals surface area contributed by atoms with Crippen molar-refractivity contribution in [2.24, 2.45) is 5.73 Å². The highest BCUT2D eigenvalue weighted by atomic mass is 19.1. The smallest absolute Gasteiger partial charge is 0.249 e. The summed E-state index contributed by atoms with van der Waals surface area (Å²) in [7, 11) is 1.62. The monoisotopic (exact) mass is 331 g/mol. The first-order valence-electron chi connectivity index (χ1n) is 7.85. The van der Waals surface area contributed by atoms with Crippen LogP contribution in [0.1, 0.15) is 40.7 Å². The van der Waals surface area contributed by atoms with Crippen LogP contribution in [0, 0.1) is 5.82 Å². The van der Waals surface area contributed by atoms with E-state index in [-0.39, 0.29) is 11.4 Å². The number of hydrogen-bond donors (Lipinski definition) is 2. The number of unbranched alkanes of at least 4 members (excludes halogenated alkanes) is 1. The first-order chi connectivity index (χ1) is 11.5. The van der Waals surface area contributed by atoms with Crippen molar-refractivity contribution in [3.8, 4) is 0 Å². The molecule has 2 rings (SSSR count). The molecule has 2 aromatic rings. The van der Waals surface area contributed by atoms with E-state index in [2.05, 4.69) is 0 Å². The number of aliphatic hydroxyl groups is 1. The van der Waals surface area contributed by atoms with Gasteiger partial charge >= 0.3 is 0 Å². The summed E-state index contributed by atoms with van der Waals surface area (Å²) in [5.41, 5.74) is 5.25. The Morgan fingerprint density at radius 3 is 2.46 bits per heavy atom. The molecule has 0 radical (unpaired) electrons. The van der Waals surface area contributed by atoms with Crippen LogP contribution in [0.25, 0.3) is 0 Å². The topological polar surface area (TPSA) is 72.6 Å². The van der Waals surface area contributed by atoms with Gasteiger partial charge in [0, 0.05) is 24.8 Å². The van der Waals surface area contributed by atoms with E-state index in [1.807, 2.05) is 0 Å². The Balaban J connectivity index is 2.46. The average molecular weight is 331 g/mol. The first-order valence-corrected chi connectivity index (χ1v) is 7.85. The van der Waals surface area contributed by atoms with Gasteiger partial charge in [-0.2, -0.15) is 0 Å².